The molecule has 0 fully saturated rings. The summed E-state index contributed by atoms with van der Waals surface area (Å²) in [5, 5.41) is 0. The quantitative estimate of drug-likeness (QED) is 0.258. The highest BCUT2D eigenvalue weighted by Crippen LogP contribution is 1.94. The van der Waals surface area contributed by atoms with E-state index in [4.69, 9.17) is 18.9 Å². The third-order valence-electron chi connectivity index (χ3n) is 1.64. The SMILES string of the molecule is CCOC(=O)/C=C/[C@H](C)OCOCCOC. The Morgan fingerprint density at radius 1 is 1.38 bits per heavy atom. The Hall–Kier alpha value is -0.910. The van der Waals surface area contributed by atoms with Gasteiger partial charge in [-0.2, -0.15) is 0 Å². The van der Waals surface area contributed by atoms with Crippen molar-refractivity contribution in [1.29, 1.82) is 0 Å². The van der Waals surface area contributed by atoms with Crippen LogP contribution in [0.1, 0.15) is 13.8 Å². The van der Waals surface area contributed by atoms with Gasteiger partial charge >= 0.3 is 5.97 Å². The van der Waals surface area contributed by atoms with Crippen LogP contribution in [0.25, 0.3) is 0 Å². The fourth-order valence-corrected chi connectivity index (χ4v) is 0.817. The Morgan fingerprint density at radius 2 is 2.12 bits per heavy atom. The Morgan fingerprint density at radius 3 is 2.75 bits per heavy atom. The third-order valence-corrected chi connectivity index (χ3v) is 1.64. The van der Waals surface area contributed by atoms with E-state index in [1.54, 1.807) is 20.1 Å². The van der Waals surface area contributed by atoms with Gasteiger partial charge in [-0.25, -0.2) is 4.79 Å². The summed E-state index contributed by atoms with van der Waals surface area (Å²) in [5.41, 5.74) is 0. The van der Waals surface area contributed by atoms with Crippen molar-refractivity contribution in [2.24, 2.45) is 0 Å². The molecule has 16 heavy (non-hydrogen) atoms. The van der Waals surface area contributed by atoms with Crippen LogP contribution >= 0.6 is 0 Å². The number of carbonyl (C=O) groups is 1. The van der Waals surface area contributed by atoms with Gasteiger partial charge in [0.2, 0.25) is 0 Å². The molecule has 0 saturated heterocycles. The Balaban J connectivity index is 3.49. The van der Waals surface area contributed by atoms with Crippen molar-refractivity contribution in [1.82, 2.24) is 0 Å². The molecule has 0 bridgehead atoms. The topological polar surface area (TPSA) is 54.0 Å². The summed E-state index contributed by atoms with van der Waals surface area (Å²) >= 11 is 0. The first-order valence-electron chi connectivity index (χ1n) is 5.24. The molecule has 0 aliphatic carbocycles. The molecule has 0 N–H and O–H groups in total. The average Bonchev–Trinajstić information content (AvgIpc) is 2.26. The molecular formula is C11H20O5. The van der Waals surface area contributed by atoms with Gasteiger partial charge in [0, 0.05) is 13.2 Å². The number of methoxy groups -OCH3 is 1. The molecule has 0 spiro atoms. The Bertz CT molecular complexity index is 203. The number of rotatable bonds is 9. The fraction of sp³-hybridized carbons (Fsp3) is 0.727. The smallest absolute Gasteiger partial charge is 0.330 e. The van der Waals surface area contributed by atoms with Crippen LogP contribution in [0.4, 0.5) is 0 Å². The molecule has 0 aromatic heterocycles. The second kappa shape index (κ2) is 10.6. The van der Waals surface area contributed by atoms with Crippen LogP contribution < -0.4 is 0 Å². The summed E-state index contributed by atoms with van der Waals surface area (Å²) in [4.78, 5) is 11.0. The van der Waals surface area contributed by atoms with E-state index in [0.29, 0.717) is 19.8 Å². The van der Waals surface area contributed by atoms with Crippen LogP contribution in [0.15, 0.2) is 12.2 Å². The summed E-state index contributed by atoms with van der Waals surface area (Å²) in [5.74, 6) is -0.363. The lowest BCUT2D eigenvalue weighted by atomic mass is 10.3. The predicted molar refractivity (Wildman–Crippen MR) is 59.0 cm³/mol. The third kappa shape index (κ3) is 9.64. The average molecular weight is 232 g/mol. The highest BCUT2D eigenvalue weighted by atomic mass is 16.7. The van der Waals surface area contributed by atoms with E-state index in [1.165, 1.54) is 6.08 Å². The first-order valence-corrected chi connectivity index (χ1v) is 5.24. The number of hydrogen-bond acceptors (Lipinski definition) is 5. The molecule has 0 aromatic carbocycles. The predicted octanol–water partition coefficient (Wildman–Crippen LogP) is 1.13. The van der Waals surface area contributed by atoms with Gasteiger partial charge in [-0.3, -0.25) is 0 Å². The van der Waals surface area contributed by atoms with E-state index in [0.717, 1.165) is 0 Å². The maximum absolute atomic E-state index is 11.0. The van der Waals surface area contributed by atoms with E-state index in [2.05, 4.69) is 0 Å². The molecule has 94 valence electrons. The molecule has 0 radical (unpaired) electrons. The van der Waals surface area contributed by atoms with Crippen LogP contribution in [0.5, 0.6) is 0 Å². The molecule has 5 heteroatoms. The van der Waals surface area contributed by atoms with Gasteiger partial charge in [0.25, 0.3) is 0 Å². The van der Waals surface area contributed by atoms with Crippen LogP contribution in [0, 0.1) is 0 Å². The van der Waals surface area contributed by atoms with Crippen molar-refractivity contribution in [2.45, 2.75) is 20.0 Å². The lowest BCUT2D eigenvalue weighted by Crippen LogP contribution is -2.11. The largest absolute Gasteiger partial charge is 0.463 e. The van der Waals surface area contributed by atoms with E-state index in [1.807, 2.05) is 6.92 Å². The van der Waals surface area contributed by atoms with E-state index in [-0.39, 0.29) is 18.9 Å². The Kier molecular flexibility index (Phi) is 10.00. The number of ether oxygens (including phenoxy) is 4. The van der Waals surface area contributed by atoms with E-state index >= 15 is 0 Å². The van der Waals surface area contributed by atoms with Crippen molar-refractivity contribution in [3.05, 3.63) is 12.2 Å². The van der Waals surface area contributed by atoms with Gasteiger partial charge in [-0.1, -0.05) is 0 Å². The minimum Gasteiger partial charge on any atom is -0.463 e. The molecule has 0 aliphatic rings. The second-order valence-corrected chi connectivity index (χ2v) is 3.00. The summed E-state index contributed by atoms with van der Waals surface area (Å²) in [7, 11) is 1.61. The lowest BCUT2D eigenvalue weighted by Gasteiger charge is -2.08. The number of carbonyl (C=O) groups excluding carboxylic acids is 1. The van der Waals surface area contributed by atoms with Gasteiger partial charge in [-0.05, 0) is 19.9 Å². The molecule has 1 atom stereocenters. The first-order chi connectivity index (χ1) is 7.70. The molecule has 0 heterocycles. The highest BCUT2D eigenvalue weighted by molar-refractivity contribution is 5.81. The van der Waals surface area contributed by atoms with Crippen molar-refractivity contribution in [2.75, 3.05) is 33.7 Å². The molecule has 0 amide bonds. The maximum atomic E-state index is 11.0. The van der Waals surface area contributed by atoms with Gasteiger partial charge in [0.15, 0.2) is 0 Å². The molecular weight excluding hydrogens is 212 g/mol. The van der Waals surface area contributed by atoms with Gasteiger partial charge in [0.05, 0.1) is 25.9 Å². The van der Waals surface area contributed by atoms with Crippen LogP contribution in [0.3, 0.4) is 0 Å². The van der Waals surface area contributed by atoms with Gasteiger partial charge < -0.3 is 18.9 Å². The zero-order valence-corrected chi connectivity index (χ0v) is 10.1. The minimum absolute atomic E-state index is 0.178. The molecule has 0 aromatic rings. The first kappa shape index (κ1) is 15.1. The summed E-state index contributed by atoms with van der Waals surface area (Å²) in [6, 6.07) is 0. The zero-order chi connectivity index (χ0) is 12.2. The maximum Gasteiger partial charge on any atom is 0.330 e. The Labute approximate surface area is 96.3 Å². The molecule has 0 unspecified atom stereocenters. The molecule has 0 aliphatic heterocycles. The number of esters is 1. The van der Waals surface area contributed by atoms with Gasteiger partial charge in [0.1, 0.15) is 6.79 Å². The lowest BCUT2D eigenvalue weighted by molar-refractivity contribution is -0.137. The zero-order valence-electron chi connectivity index (χ0n) is 10.1. The normalized spacial score (nSPS) is 12.9. The summed E-state index contributed by atoms with van der Waals surface area (Å²) in [6.45, 7) is 5.15. The summed E-state index contributed by atoms with van der Waals surface area (Å²) < 4.78 is 19.9. The standard InChI is InChI=1S/C11H20O5/c1-4-15-11(12)6-5-10(2)16-9-14-8-7-13-3/h5-6,10H,4,7-9H2,1-3H3/b6-5+/t10-/m0/s1. The van der Waals surface area contributed by atoms with Crippen molar-refractivity contribution in [3.8, 4) is 0 Å². The molecule has 0 saturated carbocycles. The van der Waals surface area contributed by atoms with Crippen LogP contribution in [-0.4, -0.2) is 45.8 Å². The summed E-state index contributed by atoms with van der Waals surface area (Å²) in [6.07, 6.45) is 2.79. The minimum atomic E-state index is -0.363. The fourth-order valence-electron chi connectivity index (χ4n) is 0.817. The second-order valence-electron chi connectivity index (χ2n) is 3.00. The van der Waals surface area contributed by atoms with Crippen LogP contribution in [-0.2, 0) is 23.7 Å². The highest BCUT2D eigenvalue weighted by Gasteiger charge is 1.99. The molecule has 0 rings (SSSR count). The van der Waals surface area contributed by atoms with Crippen LogP contribution in [0.2, 0.25) is 0 Å². The molecule has 5 nitrogen and oxygen atoms in total. The van der Waals surface area contributed by atoms with Crippen molar-refractivity contribution < 1.29 is 23.7 Å². The van der Waals surface area contributed by atoms with E-state index in [9.17, 15) is 4.79 Å². The van der Waals surface area contributed by atoms with E-state index < -0.39 is 0 Å². The number of hydrogen-bond donors (Lipinski definition) is 0. The monoisotopic (exact) mass is 232 g/mol. The van der Waals surface area contributed by atoms with Crippen molar-refractivity contribution >= 4 is 5.97 Å². The van der Waals surface area contributed by atoms with Crippen molar-refractivity contribution in [3.63, 3.8) is 0 Å². The van der Waals surface area contributed by atoms with Gasteiger partial charge in [-0.15, -0.1) is 0 Å².